The van der Waals surface area contributed by atoms with Gasteiger partial charge in [0.1, 0.15) is 0 Å². The van der Waals surface area contributed by atoms with Gasteiger partial charge in [-0.15, -0.1) is 0 Å². The monoisotopic (exact) mass is 230 g/mol. The van der Waals surface area contributed by atoms with E-state index in [9.17, 15) is 4.79 Å². The minimum Gasteiger partial charge on any atom is -0.396 e. The van der Waals surface area contributed by atoms with Gasteiger partial charge in [0.25, 0.3) is 0 Å². The molecule has 0 rings (SSSR count). The Bertz CT molecular complexity index is 212. The lowest BCUT2D eigenvalue weighted by molar-refractivity contribution is -0.122. The normalized spacial score (nSPS) is 15.6. The van der Waals surface area contributed by atoms with E-state index in [1.54, 1.807) is 0 Å². The van der Waals surface area contributed by atoms with Crippen LogP contribution in [0.3, 0.4) is 0 Å². The lowest BCUT2D eigenvalue weighted by Crippen LogP contribution is -2.41. The van der Waals surface area contributed by atoms with E-state index in [0.29, 0.717) is 25.3 Å². The highest BCUT2D eigenvalue weighted by molar-refractivity contribution is 5.76. The second-order valence-corrected chi connectivity index (χ2v) is 5.60. The first-order valence-electron chi connectivity index (χ1n) is 5.90. The molecule has 0 saturated heterocycles. The maximum Gasteiger partial charge on any atom is 0.221 e. The number of hydrogen-bond acceptors (Lipinski definition) is 3. The van der Waals surface area contributed by atoms with E-state index in [0.717, 1.165) is 0 Å². The van der Waals surface area contributed by atoms with Crippen LogP contribution in [0.5, 0.6) is 0 Å². The molecule has 0 radical (unpaired) electrons. The molecule has 4 heteroatoms. The van der Waals surface area contributed by atoms with Gasteiger partial charge < -0.3 is 16.2 Å². The Hall–Kier alpha value is -0.610. The number of aliphatic hydroxyl groups is 1. The first-order valence-corrected chi connectivity index (χ1v) is 5.90. The van der Waals surface area contributed by atoms with Gasteiger partial charge in [-0.1, -0.05) is 27.7 Å². The summed E-state index contributed by atoms with van der Waals surface area (Å²) in [5, 5.41) is 11.6. The summed E-state index contributed by atoms with van der Waals surface area (Å²) in [7, 11) is 0. The second-order valence-electron chi connectivity index (χ2n) is 5.60. The predicted octanol–water partition coefficient (Wildman–Crippen LogP) is 0.885. The van der Waals surface area contributed by atoms with E-state index in [1.165, 1.54) is 0 Å². The zero-order valence-corrected chi connectivity index (χ0v) is 10.9. The minimum atomic E-state index is -0.124. The van der Waals surface area contributed by atoms with Crippen molar-refractivity contribution in [3.05, 3.63) is 0 Å². The first-order chi connectivity index (χ1) is 7.27. The number of aliphatic hydroxyl groups excluding tert-OH is 1. The lowest BCUT2D eigenvalue weighted by Gasteiger charge is -2.26. The fourth-order valence-corrected chi connectivity index (χ4v) is 1.19. The molecule has 96 valence electrons. The standard InChI is InChI=1S/C12H26N2O2/c1-9(5-6-15)8-14-11(16)7-10(13)12(2,3)4/h9-10,15H,5-8,13H2,1-4H3,(H,14,16). The van der Waals surface area contributed by atoms with Crippen LogP contribution < -0.4 is 11.1 Å². The van der Waals surface area contributed by atoms with Crippen molar-refractivity contribution in [1.29, 1.82) is 0 Å². The number of nitrogens with two attached hydrogens (primary N) is 1. The van der Waals surface area contributed by atoms with Gasteiger partial charge in [-0.2, -0.15) is 0 Å². The Morgan fingerprint density at radius 3 is 2.44 bits per heavy atom. The summed E-state index contributed by atoms with van der Waals surface area (Å²) in [4.78, 5) is 11.6. The molecule has 4 nitrogen and oxygen atoms in total. The third-order valence-electron chi connectivity index (χ3n) is 2.79. The van der Waals surface area contributed by atoms with Gasteiger partial charge in [-0.3, -0.25) is 4.79 Å². The second kappa shape index (κ2) is 6.86. The van der Waals surface area contributed by atoms with Crippen molar-refractivity contribution >= 4 is 5.91 Å². The van der Waals surface area contributed by atoms with Crippen LogP contribution in [0.4, 0.5) is 0 Å². The topological polar surface area (TPSA) is 75.3 Å². The molecule has 0 aliphatic heterocycles. The van der Waals surface area contributed by atoms with Crippen LogP contribution in [0.15, 0.2) is 0 Å². The fraction of sp³-hybridized carbons (Fsp3) is 0.917. The van der Waals surface area contributed by atoms with Crippen LogP contribution in [0.25, 0.3) is 0 Å². The maximum atomic E-state index is 11.6. The van der Waals surface area contributed by atoms with Gasteiger partial charge in [0, 0.05) is 25.6 Å². The van der Waals surface area contributed by atoms with Gasteiger partial charge in [0.15, 0.2) is 0 Å². The smallest absolute Gasteiger partial charge is 0.221 e. The molecule has 4 N–H and O–H groups in total. The molecule has 2 atom stereocenters. The molecular formula is C12H26N2O2. The summed E-state index contributed by atoms with van der Waals surface area (Å²) >= 11 is 0. The van der Waals surface area contributed by atoms with Gasteiger partial charge in [0.05, 0.1) is 0 Å². The van der Waals surface area contributed by atoms with Crippen LogP contribution >= 0.6 is 0 Å². The summed E-state index contributed by atoms with van der Waals surface area (Å²) in [6.45, 7) is 8.85. The highest BCUT2D eigenvalue weighted by Gasteiger charge is 2.23. The van der Waals surface area contributed by atoms with Crippen LogP contribution in [0, 0.1) is 11.3 Å². The molecule has 0 aliphatic carbocycles. The number of carbonyl (C=O) groups excluding carboxylic acids is 1. The maximum absolute atomic E-state index is 11.6. The van der Waals surface area contributed by atoms with Crippen molar-refractivity contribution in [2.24, 2.45) is 17.1 Å². The Labute approximate surface area is 98.6 Å². The van der Waals surface area contributed by atoms with E-state index in [-0.39, 0.29) is 24.0 Å². The van der Waals surface area contributed by atoms with Gasteiger partial charge in [0.2, 0.25) is 5.91 Å². The molecule has 0 aromatic rings. The van der Waals surface area contributed by atoms with Gasteiger partial charge in [-0.25, -0.2) is 0 Å². The zero-order chi connectivity index (χ0) is 12.8. The number of rotatable bonds is 6. The molecule has 0 bridgehead atoms. The number of hydrogen-bond donors (Lipinski definition) is 3. The number of carbonyl (C=O) groups is 1. The van der Waals surface area contributed by atoms with E-state index in [2.05, 4.69) is 5.32 Å². The van der Waals surface area contributed by atoms with E-state index in [4.69, 9.17) is 10.8 Å². The quantitative estimate of drug-likeness (QED) is 0.634. The summed E-state index contributed by atoms with van der Waals surface area (Å²) < 4.78 is 0. The summed E-state index contributed by atoms with van der Waals surface area (Å²) in [6, 6.07) is -0.124. The zero-order valence-electron chi connectivity index (χ0n) is 10.9. The highest BCUT2D eigenvalue weighted by Crippen LogP contribution is 2.19. The average Bonchev–Trinajstić information content (AvgIpc) is 2.13. The average molecular weight is 230 g/mol. The fourth-order valence-electron chi connectivity index (χ4n) is 1.19. The molecule has 0 spiro atoms. The molecular weight excluding hydrogens is 204 g/mol. The molecule has 0 aromatic heterocycles. The van der Waals surface area contributed by atoms with Crippen LogP contribution in [0.1, 0.15) is 40.5 Å². The Morgan fingerprint density at radius 1 is 1.44 bits per heavy atom. The van der Waals surface area contributed by atoms with Crippen molar-refractivity contribution < 1.29 is 9.90 Å². The molecule has 0 aliphatic rings. The van der Waals surface area contributed by atoms with Gasteiger partial charge in [-0.05, 0) is 17.8 Å². The summed E-state index contributed by atoms with van der Waals surface area (Å²) in [6.07, 6.45) is 1.07. The Balaban J connectivity index is 3.83. The van der Waals surface area contributed by atoms with Gasteiger partial charge >= 0.3 is 0 Å². The summed E-state index contributed by atoms with van der Waals surface area (Å²) in [5.41, 5.74) is 5.87. The van der Waals surface area contributed by atoms with Crippen LogP contribution in [0.2, 0.25) is 0 Å². The van der Waals surface area contributed by atoms with E-state index < -0.39 is 0 Å². The van der Waals surface area contributed by atoms with Crippen molar-refractivity contribution in [3.8, 4) is 0 Å². The summed E-state index contributed by atoms with van der Waals surface area (Å²) in [5.74, 6) is 0.298. The molecule has 1 amide bonds. The first kappa shape index (κ1) is 15.4. The SMILES string of the molecule is CC(CCO)CNC(=O)CC(N)C(C)(C)C. The third-order valence-corrected chi connectivity index (χ3v) is 2.79. The van der Waals surface area contributed by atoms with E-state index >= 15 is 0 Å². The third kappa shape index (κ3) is 6.80. The molecule has 16 heavy (non-hydrogen) atoms. The van der Waals surface area contributed by atoms with Crippen LogP contribution in [-0.2, 0) is 4.79 Å². The Kier molecular flexibility index (Phi) is 6.60. The Morgan fingerprint density at radius 2 is 2.00 bits per heavy atom. The van der Waals surface area contributed by atoms with Crippen molar-refractivity contribution in [2.45, 2.75) is 46.6 Å². The minimum absolute atomic E-state index is 0.00721. The highest BCUT2D eigenvalue weighted by atomic mass is 16.3. The lowest BCUT2D eigenvalue weighted by atomic mass is 9.85. The number of nitrogens with one attached hydrogen (secondary N) is 1. The van der Waals surface area contributed by atoms with Crippen molar-refractivity contribution in [3.63, 3.8) is 0 Å². The van der Waals surface area contributed by atoms with Crippen LogP contribution in [-0.4, -0.2) is 30.2 Å². The molecule has 0 saturated carbocycles. The van der Waals surface area contributed by atoms with Crippen molar-refractivity contribution in [2.75, 3.05) is 13.2 Å². The predicted molar refractivity (Wildman–Crippen MR) is 65.9 cm³/mol. The number of amides is 1. The van der Waals surface area contributed by atoms with Crippen molar-refractivity contribution in [1.82, 2.24) is 5.32 Å². The molecule has 0 heterocycles. The molecule has 2 unspecified atom stereocenters. The largest absolute Gasteiger partial charge is 0.396 e. The molecule has 0 aromatic carbocycles. The van der Waals surface area contributed by atoms with E-state index in [1.807, 2.05) is 27.7 Å². The molecule has 0 fully saturated rings.